The minimum absolute atomic E-state index is 0. The van der Waals surface area contributed by atoms with Crippen molar-refractivity contribution in [2.75, 3.05) is 6.61 Å². The van der Waals surface area contributed by atoms with Gasteiger partial charge >= 0.3 is 17.9 Å². The summed E-state index contributed by atoms with van der Waals surface area (Å²) in [5.74, 6) is 0.782. The highest BCUT2D eigenvalue weighted by atomic mass is 16.7. The van der Waals surface area contributed by atoms with E-state index in [1.807, 2.05) is 20.8 Å². The minimum Gasteiger partial charge on any atom is -0.458 e. The van der Waals surface area contributed by atoms with E-state index in [-0.39, 0.29) is 74.8 Å². The molecule has 276 valence electrons. The maximum absolute atomic E-state index is 14.2. The number of hydrogen-bond acceptors (Lipinski definition) is 7. The highest BCUT2D eigenvalue weighted by molar-refractivity contribution is 6.00. The second-order valence-corrected chi connectivity index (χ2v) is 15.9. The zero-order chi connectivity index (χ0) is 28.8. The van der Waals surface area contributed by atoms with Crippen molar-refractivity contribution in [3.63, 3.8) is 0 Å². The molecule has 0 spiro atoms. The van der Waals surface area contributed by atoms with E-state index >= 15 is 0 Å². The van der Waals surface area contributed by atoms with Crippen molar-refractivity contribution in [2.45, 2.75) is 161 Å². The third kappa shape index (κ3) is 6.84. The summed E-state index contributed by atoms with van der Waals surface area (Å²) in [5, 5.41) is 0. The lowest BCUT2D eigenvalue weighted by Gasteiger charge is -2.59. The zero-order valence-corrected chi connectivity index (χ0v) is 25.6. The van der Waals surface area contributed by atoms with Gasteiger partial charge in [0.15, 0.2) is 6.29 Å². The standard InChI is InChI=1S/C34H50O7.6CH4/c1-6-38-24-10-7-17(2)29(39-24)26-21-9-8-20(16-21)25(26)27-28(31(36)40-30(27)35)33(3,4)32(37)41-34(5)22-12-18-11-19(14-22)15-23(34)13-18;;;;;;/h17-29H,6-16H2,1-5H3;6*1H4. The van der Waals surface area contributed by atoms with Crippen molar-refractivity contribution in [1.29, 1.82) is 0 Å². The summed E-state index contributed by atoms with van der Waals surface area (Å²) in [6.45, 7) is 10.6. The molecule has 0 aromatic carbocycles. The summed E-state index contributed by atoms with van der Waals surface area (Å²) in [5.41, 5.74) is -1.65. The Hall–Kier alpha value is -1.47. The molecule has 7 nitrogen and oxygen atoms in total. The molecule has 8 rings (SSSR count). The van der Waals surface area contributed by atoms with Crippen LogP contribution in [0.2, 0.25) is 0 Å². The van der Waals surface area contributed by atoms with Crippen molar-refractivity contribution in [3.8, 4) is 0 Å². The van der Waals surface area contributed by atoms with Gasteiger partial charge in [-0.25, -0.2) is 0 Å². The van der Waals surface area contributed by atoms with Gasteiger partial charge in [0.25, 0.3) is 0 Å². The summed E-state index contributed by atoms with van der Waals surface area (Å²) >= 11 is 0. The molecule has 0 amide bonds. The lowest BCUT2D eigenvalue weighted by molar-refractivity contribution is -0.230. The van der Waals surface area contributed by atoms with Crippen molar-refractivity contribution in [1.82, 2.24) is 0 Å². The van der Waals surface area contributed by atoms with Crippen LogP contribution < -0.4 is 0 Å². The molecule has 0 aromatic heterocycles. The Balaban J connectivity index is 0.00000184. The molecule has 6 bridgehead atoms. The average Bonchev–Trinajstić information content (AvgIpc) is 3.61. The van der Waals surface area contributed by atoms with Gasteiger partial charge in [0, 0.05) is 6.61 Å². The maximum Gasteiger partial charge on any atom is 0.318 e. The Morgan fingerprint density at radius 1 is 0.809 bits per heavy atom. The molecule has 2 aliphatic heterocycles. The topological polar surface area (TPSA) is 88.1 Å². The highest BCUT2D eigenvalue weighted by Gasteiger charge is 2.66. The van der Waals surface area contributed by atoms with E-state index in [9.17, 15) is 14.4 Å². The lowest BCUT2D eigenvalue weighted by Crippen LogP contribution is -2.59. The average molecular weight is 667 g/mol. The van der Waals surface area contributed by atoms with Crippen LogP contribution in [0.5, 0.6) is 0 Å². The fourth-order valence-electron chi connectivity index (χ4n) is 11.5. The first-order valence-electron chi connectivity index (χ1n) is 16.8. The number of cyclic esters (lactones) is 2. The summed E-state index contributed by atoms with van der Waals surface area (Å²) in [7, 11) is 0. The number of hydrogen-bond donors (Lipinski definition) is 0. The Labute approximate surface area is 289 Å². The summed E-state index contributed by atoms with van der Waals surface area (Å²) < 4.78 is 24.5. The maximum atomic E-state index is 14.2. The van der Waals surface area contributed by atoms with Crippen molar-refractivity contribution in [2.24, 2.45) is 70.5 Å². The predicted octanol–water partition coefficient (Wildman–Crippen LogP) is 9.74. The molecule has 6 aliphatic carbocycles. The Kier molecular flexibility index (Phi) is 14.5. The van der Waals surface area contributed by atoms with Crippen LogP contribution in [0.3, 0.4) is 0 Å². The molecule has 8 aliphatic rings. The van der Waals surface area contributed by atoms with Gasteiger partial charge in [-0.3, -0.25) is 14.4 Å². The van der Waals surface area contributed by atoms with Crippen LogP contribution in [-0.4, -0.2) is 42.5 Å². The van der Waals surface area contributed by atoms with Crippen LogP contribution in [0.1, 0.15) is 143 Å². The molecule has 7 heteroatoms. The molecule has 9 atom stereocenters. The molecule has 6 saturated carbocycles. The van der Waals surface area contributed by atoms with Crippen LogP contribution in [0.15, 0.2) is 0 Å². The van der Waals surface area contributed by atoms with Gasteiger partial charge in [0.1, 0.15) is 5.60 Å². The van der Waals surface area contributed by atoms with Crippen LogP contribution in [0, 0.1) is 70.5 Å². The van der Waals surface area contributed by atoms with Crippen LogP contribution >= 0.6 is 0 Å². The van der Waals surface area contributed by atoms with E-state index in [0.717, 1.165) is 69.6 Å². The first kappa shape index (κ1) is 43.6. The molecule has 0 radical (unpaired) electrons. The summed E-state index contributed by atoms with van der Waals surface area (Å²) in [4.78, 5) is 41.3. The smallest absolute Gasteiger partial charge is 0.318 e. The van der Waals surface area contributed by atoms with Gasteiger partial charge in [0.2, 0.25) is 0 Å². The lowest BCUT2D eigenvalue weighted by atomic mass is 9.50. The van der Waals surface area contributed by atoms with Crippen LogP contribution in [0.4, 0.5) is 0 Å². The van der Waals surface area contributed by atoms with Crippen molar-refractivity contribution >= 4 is 17.9 Å². The Morgan fingerprint density at radius 2 is 1.36 bits per heavy atom. The van der Waals surface area contributed by atoms with E-state index in [2.05, 4.69) is 13.8 Å². The van der Waals surface area contributed by atoms with Crippen LogP contribution in [0.25, 0.3) is 0 Å². The number of esters is 3. The highest BCUT2D eigenvalue weighted by Crippen LogP contribution is 2.63. The second-order valence-electron chi connectivity index (χ2n) is 15.9. The van der Waals surface area contributed by atoms with Gasteiger partial charge in [-0.1, -0.05) is 51.5 Å². The SMILES string of the molecule is C.C.C.C.C.C.CCOC1CCC(C)C(C2C3CCC(C3)C2C2C(=O)OC(=O)C2C(C)(C)C(=O)OC2(C)C3CC4CC(C3)CC2C4)O1. The monoisotopic (exact) mass is 667 g/mol. The molecule has 8 fully saturated rings. The molecule has 0 N–H and O–H groups in total. The number of rotatable bonds is 7. The summed E-state index contributed by atoms with van der Waals surface area (Å²) in [6, 6.07) is 0. The van der Waals surface area contributed by atoms with Crippen LogP contribution in [-0.2, 0) is 33.3 Å². The number of fused-ring (bicyclic) bond motifs is 2. The largest absolute Gasteiger partial charge is 0.458 e. The number of carbonyl (C=O) groups excluding carboxylic acids is 3. The fraction of sp³-hybridized carbons (Fsp3) is 0.925. The van der Waals surface area contributed by atoms with Gasteiger partial charge in [-0.15, -0.1) is 0 Å². The quantitative estimate of drug-likeness (QED) is 0.197. The normalized spacial score (nSPS) is 44.0. The van der Waals surface area contributed by atoms with E-state index in [0.29, 0.717) is 36.2 Å². The minimum atomic E-state index is -1.16. The predicted molar refractivity (Wildman–Crippen MR) is 190 cm³/mol. The fourth-order valence-corrected chi connectivity index (χ4v) is 11.5. The van der Waals surface area contributed by atoms with Crippen molar-refractivity contribution < 1.29 is 33.3 Å². The Bertz CT molecular complexity index is 1050. The number of ether oxygens (including phenoxy) is 4. The zero-order valence-electron chi connectivity index (χ0n) is 25.6. The van der Waals surface area contributed by atoms with Gasteiger partial charge in [0.05, 0.1) is 23.4 Å². The molecular formula is C40H74O7. The van der Waals surface area contributed by atoms with E-state index < -0.39 is 34.8 Å². The molecule has 47 heavy (non-hydrogen) atoms. The molecule has 0 aromatic rings. The van der Waals surface area contributed by atoms with E-state index in [1.54, 1.807) is 0 Å². The van der Waals surface area contributed by atoms with E-state index in [4.69, 9.17) is 18.9 Å². The number of carbonyl (C=O) groups is 3. The molecule has 2 heterocycles. The molecule has 9 unspecified atom stereocenters. The van der Waals surface area contributed by atoms with Gasteiger partial charge < -0.3 is 18.9 Å². The van der Waals surface area contributed by atoms with Gasteiger partial charge in [-0.2, -0.15) is 0 Å². The van der Waals surface area contributed by atoms with Crippen molar-refractivity contribution in [3.05, 3.63) is 0 Å². The second kappa shape index (κ2) is 15.6. The van der Waals surface area contributed by atoms with E-state index in [1.165, 1.54) is 6.42 Å². The third-order valence-electron chi connectivity index (χ3n) is 13.4. The third-order valence-corrected chi connectivity index (χ3v) is 13.4. The first-order chi connectivity index (χ1) is 19.5. The summed E-state index contributed by atoms with van der Waals surface area (Å²) in [6.07, 6.45) is 10.8. The van der Waals surface area contributed by atoms with Gasteiger partial charge in [-0.05, 0) is 145 Å². The first-order valence-corrected chi connectivity index (χ1v) is 16.8. The Morgan fingerprint density at radius 3 is 1.91 bits per heavy atom. The molecule has 2 saturated heterocycles. The molecular weight excluding hydrogens is 592 g/mol.